The van der Waals surface area contributed by atoms with E-state index in [1.807, 2.05) is 24.3 Å². The highest BCUT2D eigenvalue weighted by atomic mass is 35.5. The lowest BCUT2D eigenvalue weighted by atomic mass is 9.80. The van der Waals surface area contributed by atoms with Crippen molar-refractivity contribution in [1.82, 2.24) is 4.90 Å². The van der Waals surface area contributed by atoms with Gasteiger partial charge in [0.15, 0.2) is 0 Å². The lowest BCUT2D eigenvalue weighted by molar-refractivity contribution is 0.204. The van der Waals surface area contributed by atoms with Gasteiger partial charge in [-0.15, -0.1) is 0 Å². The Balaban J connectivity index is 1.57. The molecule has 0 saturated carbocycles. The summed E-state index contributed by atoms with van der Waals surface area (Å²) in [6.07, 6.45) is 2.07. The van der Waals surface area contributed by atoms with Gasteiger partial charge in [0, 0.05) is 11.6 Å². The SMILES string of the molecule is OB(O)c1ccc(CN2CCC(c3cc(O)cc(Cl)c3)CC2)cc1. The Morgan fingerprint density at radius 1 is 1.04 bits per heavy atom. The van der Waals surface area contributed by atoms with Gasteiger partial charge in [-0.25, -0.2) is 0 Å². The molecule has 0 spiro atoms. The van der Waals surface area contributed by atoms with Gasteiger partial charge in [0.05, 0.1) is 0 Å². The molecule has 2 aromatic rings. The lowest BCUT2D eigenvalue weighted by Gasteiger charge is -2.32. The third-order valence-electron chi connectivity index (χ3n) is 4.65. The molecule has 126 valence electrons. The maximum Gasteiger partial charge on any atom is 0.488 e. The number of nitrogens with zero attached hydrogens (tertiary/aromatic N) is 1. The van der Waals surface area contributed by atoms with E-state index < -0.39 is 7.12 Å². The van der Waals surface area contributed by atoms with Gasteiger partial charge in [-0.2, -0.15) is 0 Å². The Bertz CT molecular complexity index is 665. The first-order chi connectivity index (χ1) is 11.5. The quantitative estimate of drug-likeness (QED) is 0.743. The normalized spacial score (nSPS) is 16.3. The molecule has 1 saturated heterocycles. The first-order valence-electron chi connectivity index (χ1n) is 8.18. The standard InChI is InChI=1S/C18H21BClNO3/c20-17-9-15(10-18(22)11-17)14-5-7-21(8-6-14)12-13-1-3-16(4-2-13)19(23)24/h1-4,9-11,14,22-24H,5-8,12H2. The van der Waals surface area contributed by atoms with Gasteiger partial charge in [0.1, 0.15) is 5.75 Å². The molecule has 0 radical (unpaired) electrons. The first-order valence-corrected chi connectivity index (χ1v) is 8.56. The van der Waals surface area contributed by atoms with Gasteiger partial charge in [-0.1, -0.05) is 35.9 Å². The molecule has 1 aliphatic rings. The van der Waals surface area contributed by atoms with Crippen molar-refractivity contribution >= 4 is 24.2 Å². The molecule has 0 aromatic heterocycles. The topological polar surface area (TPSA) is 63.9 Å². The van der Waals surface area contributed by atoms with Crippen LogP contribution in [0.4, 0.5) is 0 Å². The van der Waals surface area contributed by atoms with E-state index in [-0.39, 0.29) is 5.75 Å². The summed E-state index contributed by atoms with van der Waals surface area (Å²) in [4.78, 5) is 2.39. The Kier molecular flexibility index (Phi) is 5.46. The lowest BCUT2D eigenvalue weighted by Crippen LogP contribution is -2.33. The summed E-state index contributed by atoms with van der Waals surface area (Å²) >= 11 is 6.03. The fourth-order valence-corrected chi connectivity index (χ4v) is 3.55. The highest BCUT2D eigenvalue weighted by molar-refractivity contribution is 6.58. The molecule has 2 aromatic carbocycles. The second-order valence-electron chi connectivity index (χ2n) is 6.41. The number of benzene rings is 2. The predicted octanol–water partition coefficient (Wildman–Crippen LogP) is 2.10. The van der Waals surface area contributed by atoms with E-state index in [2.05, 4.69) is 4.90 Å². The number of aromatic hydroxyl groups is 1. The molecule has 4 nitrogen and oxygen atoms in total. The Morgan fingerprint density at radius 3 is 2.29 bits per heavy atom. The van der Waals surface area contributed by atoms with E-state index in [1.165, 1.54) is 5.56 Å². The van der Waals surface area contributed by atoms with Gasteiger partial charge in [0.25, 0.3) is 0 Å². The molecule has 0 amide bonds. The fraction of sp³-hybridized carbons (Fsp3) is 0.333. The van der Waals surface area contributed by atoms with E-state index in [9.17, 15) is 5.11 Å². The number of hydrogen-bond acceptors (Lipinski definition) is 4. The van der Waals surface area contributed by atoms with Crippen LogP contribution in [-0.4, -0.2) is 40.3 Å². The molecule has 1 aliphatic heterocycles. The molecule has 6 heteroatoms. The number of piperidine rings is 1. The number of hydrogen-bond donors (Lipinski definition) is 3. The van der Waals surface area contributed by atoms with Gasteiger partial charge in [-0.3, -0.25) is 4.90 Å². The van der Waals surface area contributed by atoms with Crippen LogP contribution in [0, 0.1) is 0 Å². The molecule has 0 unspecified atom stereocenters. The summed E-state index contributed by atoms with van der Waals surface area (Å²) in [6, 6.07) is 12.7. The average molecular weight is 346 g/mol. The Morgan fingerprint density at radius 2 is 1.71 bits per heavy atom. The maximum atomic E-state index is 9.70. The molecule has 1 fully saturated rings. The number of phenols is 1. The summed E-state index contributed by atoms with van der Waals surface area (Å²) in [5.74, 6) is 0.656. The average Bonchev–Trinajstić information content (AvgIpc) is 2.55. The molecular formula is C18H21BClNO3. The Labute approximate surface area is 147 Å². The number of halogens is 1. The highest BCUT2D eigenvalue weighted by Gasteiger charge is 2.21. The van der Waals surface area contributed by atoms with Crippen molar-refractivity contribution in [2.45, 2.75) is 25.3 Å². The minimum atomic E-state index is -1.41. The zero-order chi connectivity index (χ0) is 17.1. The van der Waals surface area contributed by atoms with Gasteiger partial charge in [-0.05, 0) is 66.6 Å². The molecule has 0 bridgehead atoms. The Hall–Kier alpha value is -1.53. The molecule has 24 heavy (non-hydrogen) atoms. The molecular weight excluding hydrogens is 324 g/mol. The van der Waals surface area contributed by atoms with Crippen LogP contribution in [0.15, 0.2) is 42.5 Å². The van der Waals surface area contributed by atoms with Crippen molar-refractivity contribution in [3.05, 3.63) is 58.6 Å². The number of rotatable bonds is 4. The zero-order valence-corrected chi connectivity index (χ0v) is 14.2. The third-order valence-corrected chi connectivity index (χ3v) is 4.87. The van der Waals surface area contributed by atoms with Gasteiger partial charge < -0.3 is 15.2 Å². The molecule has 0 atom stereocenters. The van der Waals surface area contributed by atoms with Crippen molar-refractivity contribution in [2.75, 3.05) is 13.1 Å². The van der Waals surface area contributed by atoms with Crippen molar-refractivity contribution in [3.63, 3.8) is 0 Å². The van der Waals surface area contributed by atoms with Crippen molar-refractivity contribution in [2.24, 2.45) is 0 Å². The zero-order valence-electron chi connectivity index (χ0n) is 13.4. The summed E-state index contributed by atoms with van der Waals surface area (Å²) < 4.78 is 0. The van der Waals surface area contributed by atoms with Gasteiger partial charge >= 0.3 is 7.12 Å². The fourth-order valence-electron chi connectivity index (χ4n) is 3.31. The highest BCUT2D eigenvalue weighted by Crippen LogP contribution is 2.32. The van der Waals surface area contributed by atoms with E-state index in [0.717, 1.165) is 38.0 Å². The summed E-state index contributed by atoms with van der Waals surface area (Å²) in [5.41, 5.74) is 2.79. The summed E-state index contributed by atoms with van der Waals surface area (Å²) in [5, 5.41) is 28.5. The first kappa shape index (κ1) is 17.3. The van der Waals surface area contributed by atoms with Crippen LogP contribution in [-0.2, 0) is 6.54 Å². The van der Waals surface area contributed by atoms with E-state index >= 15 is 0 Å². The van der Waals surface area contributed by atoms with Crippen LogP contribution in [0.3, 0.4) is 0 Å². The predicted molar refractivity (Wildman–Crippen MR) is 96.6 cm³/mol. The van der Waals surface area contributed by atoms with Crippen molar-refractivity contribution in [1.29, 1.82) is 0 Å². The number of phenolic OH excluding ortho intramolecular Hbond substituents is 1. The maximum absolute atomic E-state index is 9.70. The van der Waals surface area contributed by atoms with Crippen LogP contribution in [0.1, 0.15) is 29.9 Å². The molecule has 0 aliphatic carbocycles. The largest absolute Gasteiger partial charge is 0.508 e. The van der Waals surface area contributed by atoms with Crippen molar-refractivity contribution in [3.8, 4) is 5.75 Å². The third kappa shape index (κ3) is 4.30. The second kappa shape index (κ2) is 7.57. The minimum absolute atomic E-state index is 0.228. The van der Waals surface area contributed by atoms with Crippen LogP contribution in [0.25, 0.3) is 0 Å². The molecule has 3 N–H and O–H groups in total. The second-order valence-corrected chi connectivity index (χ2v) is 6.84. The summed E-state index contributed by atoms with van der Waals surface area (Å²) in [7, 11) is -1.41. The number of likely N-dealkylation sites (tertiary alicyclic amines) is 1. The smallest absolute Gasteiger partial charge is 0.488 e. The van der Waals surface area contributed by atoms with Crippen LogP contribution in [0.2, 0.25) is 5.02 Å². The minimum Gasteiger partial charge on any atom is -0.508 e. The van der Waals surface area contributed by atoms with Gasteiger partial charge in [0.2, 0.25) is 0 Å². The molecule has 3 rings (SSSR count). The van der Waals surface area contributed by atoms with Crippen LogP contribution >= 0.6 is 11.6 Å². The van der Waals surface area contributed by atoms with Crippen LogP contribution in [0.5, 0.6) is 5.75 Å². The van der Waals surface area contributed by atoms with E-state index in [4.69, 9.17) is 21.6 Å². The summed E-state index contributed by atoms with van der Waals surface area (Å²) in [6.45, 7) is 2.83. The van der Waals surface area contributed by atoms with E-state index in [1.54, 1.807) is 18.2 Å². The monoisotopic (exact) mass is 345 g/mol. The van der Waals surface area contributed by atoms with Crippen LogP contribution < -0.4 is 5.46 Å². The van der Waals surface area contributed by atoms with Crippen molar-refractivity contribution < 1.29 is 15.2 Å². The molecule has 1 heterocycles. The van der Waals surface area contributed by atoms with E-state index in [0.29, 0.717) is 16.4 Å².